The van der Waals surface area contributed by atoms with Crippen LogP contribution >= 0.6 is 15.9 Å². The Hall–Kier alpha value is -0.390. The molecule has 1 aliphatic rings. The number of nitrogens with zero attached hydrogens (tertiary/aromatic N) is 2. The van der Waals surface area contributed by atoms with Crippen LogP contribution in [0.3, 0.4) is 0 Å². The molecule has 0 aromatic carbocycles. The lowest BCUT2D eigenvalue weighted by atomic mass is 9.94. The smallest absolute Gasteiger partial charge is 0.0658 e. The lowest BCUT2D eigenvalue weighted by Gasteiger charge is -2.21. The molecule has 2 atom stereocenters. The predicted molar refractivity (Wildman–Crippen MR) is 80.5 cm³/mol. The van der Waals surface area contributed by atoms with Gasteiger partial charge in [0.25, 0.3) is 0 Å². The molecule has 0 bridgehead atoms. The Bertz CT molecular complexity index is 394. The van der Waals surface area contributed by atoms with Gasteiger partial charge in [-0.2, -0.15) is 5.10 Å². The fraction of sp³-hybridized carbons (Fsp3) is 0.786. The summed E-state index contributed by atoms with van der Waals surface area (Å²) in [4.78, 5) is 0. The number of hydrogen-bond donors (Lipinski definition) is 1. The second-order valence-electron chi connectivity index (χ2n) is 5.30. The highest BCUT2D eigenvalue weighted by Crippen LogP contribution is 2.35. The van der Waals surface area contributed by atoms with Gasteiger partial charge in [0.05, 0.1) is 29.5 Å². The Kier molecular flexibility index (Phi) is 5.85. The molecule has 2 rings (SSSR count). The summed E-state index contributed by atoms with van der Waals surface area (Å²) in [6.45, 7) is 1.54. The minimum absolute atomic E-state index is 0.591. The van der Waals surface area contributed by atoms with Crippen LogP contribution in [0, 0.1) is 0 Å². The van der Waals surface area contributed by atoms with Crippen molar-refractivity contribution in [1.82, 2.24) is 15.1 Å². The molecule has 1 saturated carbocycles. The quantitative estimate of drug-likeness (QED) is 0.844. The van der Waals surface area contributed by atoms with E-state index in [0.717, 1.165) is 11.0 Å². The van der Waals surface area contributed by atoms with Crippen LogP contribution in [0.25, 0.3) is 0 Å². The lowest BCUT2D eigenvalue weighted by Crippen LogP contribution is -2.26. The van der Waals surface area contributed by atoms with E-state index in [1.807, 2.05) is 6.20 Å². The number of aromatic nitrogens is 2. The summed E-state index contributed by atoms with van der Waals surface area (Å²) in [5, 5.41) is 7.93. The van der Waals surface area contributed by atoms with Gasteiger partial charge in [0.15, 0.2) is 0 Å². The lowest BCUT2D eigenvalue weighted by molar-refractivity contribution is 0.181. The molecule has 2 unspecified atom stereocenters. The minimum atomic E-state index is 0.591. The average molecular weight is 330 g/mol. The Morgan fingerprint density at radius 3 is 3.00 bits per heavy atom. The summed E-state index contributed by atoms with van der Waals surface area (Å²) >= 11 is 3.67. The van der Waals surface area contributed by atoms with Crippen molar-refractivity contribution in [2.24, 2.45) is 0 Å². The molecule has 1 aromatic heterocycles. The fourth-order valence-electron chi connectivity index (χ4n) is 3.00. The summed E-state index contributed by atoms with van der Waals surface area (Å²) in [6, 6.07) is 0.630. The first-order valence-electron chi connectivity index (χ1n) is 7.13. The normalized spacial score (nSPS) is 24.4. The zero-order valence-corrected chi connectivity index (χ0v) is 13.4. The number of hydrogen-bond acceptors (Lipinski definition) is 3. The molecule has 0 radical (unpaired) electrons. The molecule has 1 fully saturated rings. The van der Waals surface area contributed by atoms with Gasteiger partial charge in [-0.15, -0.1) is 0 Å². The zero-order valence-electron chi connectivity index (χ0n) is 11.9. The van der Waals surface area contributed by atoms with Gasteiger partial charge in [-0.05, 0) is 42.2 Å². The van der Waals surface area contributed by atoms with Gasteiger partial charge in [-0.25, -0.2) is 0 Å². The van der Waals surface area contributed by atoms with E-state index < -0.39 is 0 Å². The molecule has 1 N–H and O–H groups in total. The van der Waals surface area contributed by atoms with E-state index in [0.29, 0.717) is 18.6 Å². The van der Waals surface area contributed by atoms with E-state index in [9.17, 15) is 0 Å². The van der Waals surface area contributed by atoms with Crippen LogP contribution in [-0.4, -0.2) is 36.6 Å². The Morgan fingerprint density at radius 1 is 1.47 bits per heavy atom. The molecule has 0 saturated heterocycles. The van der Waals surface area contributed by atoms with E-state index in [2.05, 4.69) is 38.1 Å². The monoisotopic (exact) mass is 329 g/mol. The SMILES string of the molecule is CNC1CCCCC(c2c(Br)cnn2CCOC)C1. The average Bonchev–Trinajstić information content (AvgIpc) is 2.65. The highest BCUT2D eigenvalue weighted by Gasteiger charge is 2.25. The van der Waals surface area contributed by atoms with Crippen LogP contribution in [0.15, 0.2) is 10.7 Å². The standard InChI is InChI=1S/C14H24BrN3O/c1-16-12-6-4-3-5-11(9-12)14-13(15)10-17-18(14)7-8-19-2/h10-12,16H,3-9H2,1-2H3. The van der Waals surface area contributed by atoms with E-state index in [1.165, 1.54) is 37.8 Å². The van der Waals surface area contributed by atoms with Gasteiger partial charge in [-0.3, -0.25) is 4.68 Å². The van der Waals surface area contributed by atoms with Gasteiger partial charge in [0.2, 0.25) is 0 Å². The highest BCUT2D eigenvalue weighted by molar-refractivity contribution is 9.10. The molecule has 0 spiro atoms. The van der Waals surface area contributed by atoms with Crippen LogP contribution in [0.5, 0.6) is 0 Å². The molecule has 1 aromatic rings. The second-order valence-corrected chi connectivity index (χ2v) is 6.15. The molecule has 19 heavy (non-hydrogen) atoms. The summed E-state index contributed by atoms with van der Waals surface area (Å²) in [7, 11) is 3.81. The highest BCUT2D eigenvalue weighted by atomic mass is 79.9. The van der Waals surface area contributed by atoms with Crippen molar-refractivity contribution in [2.75, 3.05) is 20.8 Å². The van der Waals surface area contributed by atoms with Crippen molar-refractivity contribution in [3.05, 3.63) is 16.4 Å². The third-order valence-corrected chi connectivity index (χ3v) is 4.67. The number of methoxy groups -OCH3 is 1. The largest absolute Gasteiger partial charge is 0.383 e. The molecule has 5 heteroatoms. The molecule has 0 amide bonds. The molecule has 1 aliphatic carbocycles. The van der Waals surface area contributed by atoms with Crippen LogP contribution < -0.4 is 5.32 Å². The van der Waals surface area contributed by atoms with Crippen LogP contribution in [-0.2, 0) is 11.3 Å². The predicted octanol–water partition coefficient (Wildman–Crippen LogP) is 2.93. The first-order valence-corrected chi connectivity index (χ1v) is 7.93. The van der Waals surface area contributed by atoms with E-state index in [1.54, 1.807) is 7.11 Å². The third-order valence-electron chi connectivity index (χ3n) is 4.06. The van der Waals surface area contributed by atoms with Crippen LogP contribution in [0.4, 0.5) is 0 Å². The van der Waals surface area contributed by atoms with Crippen LogP contribution in [0.1, 0.15) is 43.7 Å². The summed E-state index contributed by atoms with van der Waals surface area (Å²) in [5.74, 6) is 0.591. The van der Waals surface area contributed by atoms with Crippen molar-refractivity contribution in [1.29, 1.82) is 0 Å². The fourth-order valence-corrected chi connectivity index (χ4v) is 3.62. The summed E-state index contributed by atoms with van der Waals surface area (Å²) < 4.78 is 8.43. The number of nitrogens with one attached hydrogen (secondary N) is 1. The van der Waals surface area contributed by atoms with Gasteiger partial charge >= 0.3 is 0 Å². The summed E-state index contributed by atoms with van der Waals surface area (Å²) in [6.07, 6.45) is 8.31. The number of ether oxygens (including phenoxy) is 1. The van der Waals surface area contributed by atoms with Gasteiger partial charge in [0.1, 0.15) is 0 Å². The molecule has 108 valence electrons. The van der Waals surface area contributed by atoms with E-state index in [-0.39, 0.29) is 0 Å². The topological polar surface area (TPSA) is 39.1 Å². The number of rotatable bonds is 5. The second kappa shape index (κ2) is 7.41. The van der Waals surface area contributed by atoms with Gasteiger partial charge < -0.3 is 10.1 Å². The van der Waals surface area contributed by atoms with E-state index in [4.69, 9.17) is 4.74 Å². The molecular weight excluding hydrogens is 306 g/mol. The molecular formula is C14H24BrN3O. The first-order chi connectivity index (χ1) is 9.26. The zero-order chi connectivity index (χ0) is 13.7. The van der Waals surface area contributed by atoms with Crippen LogP contribution in [0.2, 0.25) is 0 Å². The molecule has 1 heterocycles. The van der Waals surface area contributed by atoms with Crippen molar-refractivity contribution in [3.8, 4) is 0 Å². The Labute approximate surface area is 124 Å². The maximum atomic E-state index is 5.18. The maximum absolute atomic E-state index is 5.18. The van der Waals surface area contributed by atoms with Crippen molar-refractivity contribution >= 4 is 15.9 Å². The summed E-state index contributed by atoms with van der Waals surface area (Å²) in [5.41, 5.74) is 1.35. The van der Waals surface area contributed by atoms with Gasteiger partial charge in [-0.1, -0.05) is 12.8 Å². The van der Waals surface area contributed by atoms with Gasteiger partial charge in [0, 0.05) is 19.1 Å². The molecule has 0 aliphatic heterocycles. The molecule has 4 nitrogen and oxygen atoms in total. The maximum Gasteiger partial charge on any atom is 0.0658 e. The first kappa shape index (κ1) is 15.0. The van der Waals surface area contributed by atoms with Crippen molar-refractivity contribution < 1.29 is 4.74 Å². The van der Waals surface area contributed by atoms with Crippen molar-refractivity contribution in [2.45, 2.75) is 50.6 Å². The Morgan fingerprint density at radius 2 is 2.26 bits per heavy atom. The minimum Gasteiger partial charge on any atom is -0.383 e. The van der Waals surface area contributed by atoms with Crippen molar-refractivity contribution in [3.63, 3.8) is 0 Å². The number of halogens is 1. The Balaban J connectivity index is 2.16. The van der Waals surface area contributed by atoms with E-state index >= 15 is 0 Å². The third kappa shape index (κ3) is 3.80.